The van der Waals surface area contributed by atoms with Gasteiger partial charge in [-0.2, -0.15) is 0 Å². The molecule has 4 amide bonds. The van der Waals surface area contributed by atoms with Crippen molar-refractivity contribution in [1.29, 1.82) is 0 Å². The molecule has 1 aromatic heterocycles. The molecule has 0 aliphatic rings. The van der Waals surface area contributed by atoms with Crippen molar-refractivity contribution in [3.8, 4) is 17.1 Å². The van der Waals surface area contributed by atoms with Crippen LogP contribution in [0.5, 0.6) is 5.75 Å². The quantitative estimate of drug-likeness (QED) is 0.0112. The van der Waals surface area contributed by atoms with Gasteiger partial charge in [0.05, 0.1) is 44.5 Å². The molecule has 1 heterocycles. The Morgan fingerprint density at radius 2 is 1.49 bits per heavy atom. The number of aldehydes is 2. The summed E-state index contributed by atoms with van der Waals surface area (Å²) in [5.41, 5.74) is 4.31. The molecule has 0 bridgehead atoms. The van der Waals surface area contributed by atoms with Crippen molar-refractivity contribution in [2.75, 3.05) is 27.5 Å². The number of esters is 1. The molecule has 0 aliphatic carbocycles. The van der Waals surface area contributed by atoms with E-state index >= 15 is 0 Å². The van der Waals surface area contributed by atoms with Gasteiger partial charge in [0.1, 0.15) is 42.4 Å². The van der Waals surface area contributed by atoms with Crippen molar-refractivity contribution in [2.45, 2.75) is 91.5 Å². The minimum atomic E-state index is -1.21. The summed E-state index contributed by atoms with van der Waals surface area (Å²) in [6, 6.07) is 29.8. The number of nitrogens with one attached hydrogen (secondary N) is 3. The highest BCUT2D eigenvalue weighted by atomic mass is 16.7. The van der Waals surface area contributed by atoms with Crippen LogP contribution in [0.1, 0.15) is 107 Å². The summed E-state index contributed by atoms with van der Waals surface area (Å²) in [6.45, 7) is 8.17. The van der Waals surface area contributed by atoms with Crippen LogP contribution in [0.4, 0.5) is 5.69 Å². The molecule has 384 valence electrons. The van der Waals surface area contributed by atoms with Gasteiger partial charge in [0, 0.05) is 24.7 Å². The topological polar surface area (TPSA) is 238 Å². The van der Waals surface area contributed by atoms with Crippen LogP contribution in [-0.4, -0.2) is 87.3 Å². The lowest BCUT2D eigenvalue weighted by molar-refractivity contribution is -0.182. The van der Waals surface area contributed by atoms with Gasteiger partial charge in [-0.3, -0.25) is 28.8 Å². The minimum Gasteiger partial charge on any atom is -0.493 e. The van der Waals surface area contributed by atoms with Crippen molar-refractivity contribution in [2.24, 2.45) is 11.1 Å². The lowest BCUT2D eigenvalue weighted by atomic mass is 9.90. The van der Waals surface area contributed by atoms with Gasteiger partial charge in [0.15, 0.2) is 5.76 Å². The number of methoxy groups -OCH3 is 1. The molecular formula is C54H65N5O13. The molecule has 0 aliphatic heterocycles. The first kappa shape index (κ1) is 58.5. The van der Waals surface area contributed by atoms with Crippen LogP contribution in [0.25, 0.3) is 11.3 Å². The average molecular weight is 992 g/mol. The second kappa shape index (κ2) is 32.9. The van der Waals surface area contributed by atoms with E-state index in [0.29, 0.717) is 54.7 Å². The smallest absolute Gasteiger partial charge is 0.329 e. The standard InChI is InChI=1S/C38H48N4O10.C8H7NO2.C8H10O/c1-5-8-10-15-28(31(6-2)42(25-44)49-4)35(45)39-24-40-37(47)33-19-18-32(52-33)27-16-17-29(34(22-27)50-7-3)36(46)41-30(20-21-43)38(48)51-23-26-13-11-9-12-14-26;1-6-4-8(9-11)3-2-7(6)5-10;1-9-7-8-5-3-2-4-6-8/h9,11-14,16-19,21-22,25,28,30-31H,5-8,10,15,20,23-24H2,1-4H3,(H,39,45)(H,40,47)(H,41,46);2-5H,1H3;2-6H,7H2,1H3. The summed E-state index contributed by atoms with van der Waals surface area (Å²) in [5, 5.41) is 11.8. The van der Waals surface area contributed by atoms with Crippen molar-refractivity contribution in [3.05, 3.63) is 148 Å². The summed E-state index contributed by atoms with van der Waals surface area (Å²) in [5.74, 6) is -2.37. The number of amides is 4. The van der Waals surface area contributed by atoms with Crippen molar-refractivity contribution in [3.63, 3.8) is 0 Å². The van der Waals surface area contributed by atoms with Gasteiger partial charge in [0.25, 0.3) is 11.8 Å². The first-order chi connectivity index (χ1) is 34.9. The van der Waals surface area contributed by atoms with Gasteiger partial charge in [-0.1, -0.05) is 99.8 Å². The van der Waals surface area contributed by atoms with Crippen LogP contribution in [0.2, 0.25) is 0 Å². The highest BCUT2D eigenvalue weighted by molar-refractivity contribution is 6.00. The largest absolute Gasteiger partial charge is 0.493 e. The number of benzene rings is 4. The Morgan fingerprint density at radius 3 is 2.06 bits per heavy atom. The maximum Gasteiger partial charge on any atom is 0.329 e. The van der Waals surface area contributed by atoms with E-state index in [0.717, 1.165) is 41.7 Å². The highest BCUT2D eigenvalue weighted by Gasteiger charge is 2.32. The molecule has 5 aromatic rings. The van der Waals surface area contributed by atoms with Crippen LogP contribution >= 0.6 is 0 Å². The molecule has 3 unspecified atom stereocenters. The molecule has 18 heteroatoms. The molecule has 0 saturated heterocycles. The zero-order valence-corrected chi connectivity index (χ0v) is 41.6. The zero-order valence-electron chi connectivity index (χ0n) is 41.6. The Bertz CT molecular complexity index is 2480. The van der Waals surface area contributed by atoms with Crippen molar-refractivity contribution < 1.29 is 57.0 Å². The van der Waals surface area contributed by atoms with Gasteiger partial charge >= 0.3 is 5.97 Å². The molecule has 3 N–H and O–H groups in total. The molecule has 0 radical (unpaired) electrons. The number of nitrogens with zero attached hydrogens (tertiary/aromatic N) is 2. The lowest BCUT2D eigenvalue weighted by Gasteiger charge is -2.31. The van der Waals surface area contributed by atoms with Crippen molar-refractivity contribution >= 4 is 48.4 Å². The maximum atomic E-state index is 13.3. The maximum absolute atomic E-state index is 13.3. The number of ether oxygens (including phenoxy) is 3. The number of nitroso groups, excluding NO2 is 1. The number of unbranched alkanes of at least 4 members (excludes halogenated alkanes) is 2. The molecule has 0 fully saturated rings. The zero-order chi connectivity index (χ0) is 52.7. The number of rotatable bonds is 27. The Labute approximate surface area is 420 Å². The van der Waals surface area contributed by atoms with Gasteiger partial charge < -0.3 is 39.4 Å². The van der Waals surface area contributed by atoms with E-state index in [4.69, 9.17) is 23.5 Å². The number of aryl methyl sites for hydroxylation is 1. The predicted octanol–water partition coefficient (Wildman–Crippen LogP) is 8.61. The second-order valence-electron chi connectivity index (χ2n) is 15.9. The normalized spacial score (nSPS) is 11.6. The third-order valence-electron chi connectivity index (χ3n) is 10.9. The lowest BCUT2D eigenvalue weighted by Crippen LogP contribution is -2.48. The number of carbonyl (C=O) groups excluding carboxylic acids is 7. The molecule has 72 heavy (non-hydrogen) atoms. The fourth-order valence-electron chi connectivity index (χ4n) is 7.16. The van der Waals surface area contributed by atoms with E-state index in [2.05, 4.69) is 28.1 Å². The van der Waals surface area contributed by atoms with Crippen LogP contribution in [-0.2, 0) is 46.7 Å². The fourth-order valence-corrected chi connectivity index (χ4v) is 7.16. The fraction of sp³-hybridized carbons (Fsp3) is 0.352. The van der Waals surface area contributed by atoms with E-state index in [1.807, 2.05) is 43.3 Å². The molecule has 3 atom stereocenters. The first-order valence-corrected chi connectivity index (χ1v) is 23.5. The third-order valence-corrected chi connectivity index (χ3v) is 10.9. The monoisotopic (exact) mass is 991 g/mol. The second-order valence-corrected chi connectivity index (χ2v) is 15.9. The van der Waals surface area contributed by atoms with Gasteiger partial charge in [-0.25, -0.2) is 9.86 Å². The SMILES string of the molecule is CCCCCC(C(=O)NCNC(=O)c1ccc(-c2ccc(C(=O)NC(CC=O)C(=O)OCc3ccccc3)c(OCC)c2)o1)C(CC)N(C=O)OC.COCc1ccccc1.Cc1cc(N=O)ccc1C=O. The van der Waals surface area contributed by atoms with E-state index in [1.165, 1.54) is 30.9 Å². The number of hydroxylamine groups is 2. The number of hydrogen-bond acceptors (Lipinski definition) is 14. The van der Waals surface area contributed by atoms with E-state index in [9.17, 15) is 38.5 Å². The predicted molar refractivity (Wildman–Crippen MR) is 270 cm³/mol. The van der Waals surface area contributed by atoms with Gasteiger partial charge in [-0.05, 0) is 91.0 Å². The Hall–Kier alpha value is -7.83. The van der Waals surface area contributed by atoms with Crippen molar-refractivity contribution in [1.82, 2.24) is 21.0 Å². The van der Waals surface area contributed by atoms with Gasteiger partial charge in [0.2, 0.25) is 12.3 Å². The third kappa shape index (κ3) is 19.2. The summed E-state index contributed by atoms with van der Waals surface area (Å²) in [4.78, 5) is 100. The number of hydrogen-bond donors (Lipinski definition) is 3. The molecule has 0 spiro atoms. The summed E-state index contributed by atoms with van der Waals surface area (Å²) in [6.07, 6.45) is 5.30. The number of carbonyl (C=O) groups is 7. The summed E-state index contributed by atoms with van der Waals surface area (Å²) in [7, 11) is 3.08. The number of furan rings is 1. The Balaban J connectivity index is 0.000000559. The molecule has 4 aromatic carbocycles. The Kier molecular flexibility index (Phi) is 26.7. The van der Waals surface area contributed by atoms with E-state index < -0.39 is 35.8 Å². The highest BCUT2D eigenvalue weighted by Crippen LogP contribution is 2.30. The van der Waals surface area contributed by atoms with Crippen LogP contribution in [0.15, 0.2) is 119 Å². The molecular weight excluding hydrogens is 927 g/mol. The van der Waals surface area contributed by atoms with E-state index in [1.54, 1.807) is 75.6 Å². The summed E-state index contributed by atoms with van der Waals surface area (Å²) >= 11 is 0. The van der Waals surface area contributed by atoms with Gasteiger partial charge in [-0.15, -0.1) is 4.91 Å². The summed E-state index contributed by atoms with van der Waals surface area (Å²) < 4.78 is 21.8. The molecule has 0 saturated carbocycles. The average Bonchev–Trinajstić information content (AvgIpc) is 3.91. The molecule has 5 rings (SSSR count). The van der Waals surface area contributed by atoms with E-state index in [-0.39, 0.29) is 49.3 Å². The Morgan fingerprint density at radius 1 is 0.792 bits per heavy atom. The molecule has 18 nitrogen and oxygen atoms in total. The first-order valence-electron chi connectivity index (χ1n) is 23.5. The van der Waals surface area contributed by atoms with Crippen LogP contribution in [0, 0.1) is 17.7 Å². The van der Waals surface area contributed by atoms with Crippen LogP contribution in [0.3, 0.4) is 0 Å². The van der Waals surface area contributed by atoms with Crippen LogP contribution < -0.4 is 20.7 Å². The minimum absolute atomic E-state index is 0.0171.